The van der Waals surface area contributed by atoms with Crippen LogP contribution in [0.25, 0.3) is 0 Å². The summed E-state index contributed by atoms with van der Waals surface area (Å²) in [7, 11) is 0. The molecule has 0 bridgehead atoms. The molecule has 1 fully saturated rings. The molecule has 2 nitrogen and oxygen atoms in total. The fraction of sp³-hybridized carbons (Fsp3) is 0.889. The Bertz CT molecular complexity index is 150. The second-order valence-corrected chi connectivity index (χ2v) is 3.75. The molecule has 1 rings (SSSR count). The average molecular weight is 154 g/mol. The first kappa shape index (κ1) is 8.72. The quantitative estimate of drug-likeness (QED) is 0.445. The van der Waals surface area contributed by atoms with Crippen molar-refractivity contribution < 1.29 is 0 Å². The molecule has 2 atom stereocenters. The van der Waals surface area contributed by atoms with Crippen LogP contribution >= 0.6 is 0 Å². The summed E-state index contributed by atoms with van der Waals surface area (Å²) in [6.07, 6.45) is 2.09. The van der Waals surface area contributed by atoms with Crippen LogP contribution in [0.4, 0.5) is 0 Å². The van der Waals surface area contributed by atoms with Crippen LogP contribution < -0.4 is 0 Å². The Kier molecular flexibility index (Phi) is 2.66. The molecule has 1 heterocycles. The SMILES string of the molecule is CC(C)N=CC1CN1C(C)C. The topological polar surface area (TPSA) is 15.4 Å². The number of rotatable bonds is 3. The first-order chi connectivity index (χ1) is 5.11. The molecule has 0 amide bonds. The maximum absolute atomic E-state index is 4.35. The normalized spacial score (nSPS) is 30.7. The summed E-state index contributed by atoms with van der Waals surface area (Å²) in [6, 6.07) is 1.76. The Morgan fingerprint density at radius 1 is 1.36 bits per heavy atom. The highest BCUT2D eigenvalue weighted by Crippen LogP contribution is 2.18. The first-order valence-corrected chi connectivity index (χ1v) is 4.40. The zero-order valence-corrected chi connectivity index (χ0v) is 7.91. The monoisotopic (exact) mass is 154 g/mol. The molecule has 2 unspecified atom stereocenters. The molecule has 0 aromatic heterocycles. The maximum Gasteiger partial charge on any atom is 0.0577 e. The third kappa shape index (κ3) is 2.62. The molecule has 1 aliphatic rings. The molecule has 2 heteroatoms. The van der Waals surface area contributed by atoms with Crippen molar-refractivity contribution in [2.75, 3.05) is 6.54 Å². The Morgan fingerprint density at radius 3 is 2.36 bits per heavy atom. The van der Waals surface area contributed by atoms with Gasteiger partial charge in [0, 0.05) is 24.8 Å². The van der Waals surface area contributed by atoms with Gasteiger partial charge in [0.1, 0.15) is 0 Å². The lowest BCUT2D eigenvalue weighted by Gasteiger charge is -2.03. The molecule has 0 aliphatic carbocycles. The standard InChI is InChI=1S/C9H18N2/c1-7(2)10-5-9-6-11(9)8(3)4/h5,7-9H,6H2,1-4H3. The van der Waals surface area contributed by atoms with Crippen LogP contribution in [0.3, 0.4) is 0 Å². The van der Waals surface area contributed by atoms with Gasteiger partial charge in [-0.05, 0) is 27.7 Å². The van der Waals surface area contributed by atoms with Crippen LogP contribution in [0.2, 0.25) is 0 Å². The summed E-state index contributed by atoms with van der Waals surface area (Å²) >= 11 is 0. The van der Waals surface area contributed by atoms with Gasteiger partial charge < -0.3 is 0 Å². The van der Waals surface area contributed by atoms with Crippen LogP contribution in [-0.2, 0) is 0 Å². The summed E-state index contributed by atoms with van der Waals surface area (Å²) in [4.78, 5) is 6.78. The van der Waals surface area contributed by atoms with Crippen molar-refractivity contribution >= 4 is 6.21 Å². The summed E-state index contributed by atoms with van der Waals surface area (Å²) in [5.74, 6) is 0. The van der Waals surface area contributed by atoms with Gasteiger partial charge in [-0.15, -0.1) is 0 Å². The van der Waals surface area contributed by atoms with E-state index in [1.165, 1.54) is 6.54 Å². The first-order valence-electron chi connectivity index (χ1n) is 4.40. The number of hydrogen-bond acceptors (Lipinski definition) is 2. The van der Waals surface area contributed by atoms with Crippen LogP contribution in [0.5, 0.6) is 0 Å². The van der Waals surface area contributed by atoms with Gasteiger partial charge in [0.25, 0.3) is 0 Å². The van der Waals surface area contributed by atoms with Crippen molar-refractivity contribution in [3.63, 3.8) is 0 Å². The minimum absolute atomic E-state index is 0.449. The van der Waals surface area contributed by atoms with Gasteiger partial charge in [-0.1, -0.05) is 0 Å². The number of aliphatic imine (C=N–C) groups is 1. The van der Waals surface area contributed by atoms with E-state index in [0.29, 0.717) is 18.1 Å². The smallest absolute Gasteiger partial charge is 0.0577 e. The largest absolute Gasteiger partial charge is 0.293 e. The predicted octanol–water partition coefficient (Wildman–Crippen LogP) is 1.56. The van der Waals surface area contributed by atoms with Gasteiger partial charge in [0.15, 0.2) is 0 Å². The Balaban J connectivity index is 2.23. The van der Waals surface area contributed by atoms with Crippen molar-refractivity contribution in [1.82, 2.24) is 4.90 Å². The Labute approximate surface area is 69.3 Å². The third-order valence-corrected chi connectivity index (χ3v) is 1.91. The van der Waals surface area contributed by atoms with Crippen LogP contribution in [-0.4, -0.2) is 35.8 Å². The zero-order valence-electron chi connectivity index (χ0n) is 7.91. The van der Waals surface area contributed by atoms with Gasteiger partial charge in [-0.2, -0.15) is 0 Å². The molecule has 11 heavy (non-hydrogen) atoms. The van der Waals surface area contributed by atoms with Gasteiger partial charge in [0.2, 0.25) is 0 Å². The lowest BCUT2D eigenvalue weighted by atomic mass is 10.4. The molecule has 64 valence electrons. The molecule has 0 N–H and O–H groups in total. The number of nitrogens with zero attached hydrogens (tertiary/aromatic N) is 2. The second-order valence-electron chi connectivity index (χ2n) is 3.75. The third-order valence-electron chi connectivity index (χ3n) is 1.91. The predicted molar refractivity (Wildman–Crippen MR) is 49.3 cm³/mol. The lowest BCUT2D eigenvalue weighted by Crippen LogP contribution is -2.12. The molecule has 0 aromatic carbocycles. The highest BCUT2D eigenvalue weighted by molar-refractivity contribution is 5.68. The van der Waals surface area contributed by atoms with Crippen molar-refractivity contribution in [2.24, 2.45) is 4.99 Å². The van der Waals surface area contributed by atoms with E-state index in [4.69, 9.17) is 0 Å². The van der Waals surface area contributed by atoms with Crippen molar-refractivity contribution in [1.29, 1.82) is 0 Å². The van der Waals surface area contributed by atoms with E-state index in [0.717, 1.165) is 0 Å². The van der Waals surface area contributed by atoms with Gasteiger partial charge in [0.05, 0.1) is 6.04 Å². The molecule has 0 spiro atoms. The van der Waals surface area contributed by atoms with E-state index in [9.17, 15) is 0 Å². The summed E-state index contributed by atoms with van der Waals surface area (Å²) in [5, 5.41) is 0. The Hall–Kier alpha value is -0.370. The van der Waals surface area contributed by atoms with E-state index >= 15 is 0 Å². The van der Waals surface area contributed by atoms with Gasteiger partial charge in [-0.3, -0.25) is 9.89 Å². The summed E-state index contributed by atoms with van der Waals surface area (Å²) in [6.45, 7) is 9.87. The molecule has 1 aliphatic heterocycles. The fourth-order valence-corrected chi connectivity index (χ4v) is 1.17. The number of hydrogen-bond donors (Lipinski definition) is 0. The van der Waals surface area contributed by atoms with Crippen molar-refractivity contribution in [2.45, 2.75) is 45.8 Å². The van der Waals surface area contributed by atoms with Crippen LogP contribution in [0.15, 0.2) is 4.99 Å². The molecular weight excluding hydrogens is 136 g/mol. The molecule has 0 aromatic rings. The highest BCUT2D eigenvalue weighted by Gasteiger charge is 2.33. The van der Waals surface area contributed by atoms with E-state index in [1.807, 2.05) is 0 Å². The Morgan fingerprint density at radius 2 is 2.00 bits per heavy atom. The average Bonchev–Trinajstić information content (AvgIpc) is 2.61. The lowest BCUT2D eigenvalue weighted by molar-refractivity contribution is 0.446. The minimum atomic E-state index is 0.449. The van der Waals surface area contributed by atoms with E-state index in [2.05, 4.69) is 43.8 Å². The van der Waals surface area contributed by atoms with Gasteiger partial charge in [-0.25, -0.2) is 0 Å². The van der Waals surface area contributed by atoms with E-state index in [-0.39, 0.29) is 0 Å². The van der Waals surface area contributed by atoms with E-state index < -0.39 is 0 Å². The molecule has 0 saturated carbocycles. The summed E-state index contributed by atoms with van der Waals surface area (Å²) in [5.41, 5.74) is 0. The van der Waals surface area contributed by atoms with Crippen molar-refractivity contribution in [3.05, 3.63) is 0 Å². The van der Waals surface area contributed by atoms with Gasteiger partial charge >= 0.3 is 0 Å². The minimum Gasteiger partial charge on any atom is -0.293 e. The van der Waals surface area contributed by atoms with E-state index in [1.54, 1.807) is 0 Å². The highest BCUT2D eigenvalue weighted by atomic mass is 15.3. The maximum atomic E-state index is 4.35. The zero-order chi connectivity index (χ0) is 8.43. The van der Waals surface area contributed by atoms with Crippen LogP contribution in [0.1, 0.15) is 27.7 Å². The molecule has 0 radical (unpaired) electrons. The van der Waals surface area contributed by atoms with Crippen LogP contribution in [0, 0.1) is 0 Å². The molecule has 1 saturated heterocycles. The van der Waals surface area contributed by atoms with Crippen molar-refractivity contribution in [3.8, 4) is 0 Å². The molecular formula is C9H18N2. The fourth-order valence-electron chi connectivity index (χ4n) is 1.17. The summed E-state index contributed by atoms with van der Waals surface area (Å²) < 4.78 is 0. The second kappa shape index (κ2) is 3.35.